The summed E-state index contributed by atoms with van der Waals surface area (Å²) < 4.78 is 9.49. The molecule has 0 aromatic carbocycles. The van der Waals surface area contributed by atoms with Gasteiger partial charge in [0.2, 0.25) is 0 Å². The molecule has 0 radical (unpaired) electrons. The monoisotopic (exact) mass is 103 g/mol. The second-order valence-corrected chi connectivity index (χ2v) is 1.29. The Balaban J connectivity index is 3.01. The van der Waals surface area contributed by atoms with Gasteiger partial charge >= 0.3 is 36.8 Å². The minimum absolute atomic E-state index is 0.0346. The zero-order chi connectivity index (χ0) is 4.83. The fourth-order valence-corrected chi connectivity index (χ4v) is 0.331. The quantitative estimate of drug-likeness (QED) is 0.493. The predicted octanol–water partition coefficient (Wildman–Crippen LogP) is 0.586. The maximum absolute atomic E-state index is 9.49. The van der Waals surface area contributed by atoms with E-state index in [1.54, 1.807) is 0 Å². The van der Waals surface area contributed by atoms with Crippen molar-refractivity contribution in [2.75, 3.05) is 6.54 Å². The Morgan fingerprint density at radius 1 is 1.83 bits per heavy atom. The van der Waals surface area contributed by atoms with Gasteiger partial charge in [0.05, 0.1) is 0 Å². The molecule has 0 aliphatic rings. The molecule has 0 aromatic rings. The summed E-state index contributed by atoms with van der Waals surface area (Å²) in [5.41, 5.74) is 7.50. The second-order valence-electron chi connectivity index (χ2n) is 0.788. The van der Waals surface area contributed by atoms with Gasteiger partial charge < -0.3 is 0 Å². The molecular weight excluding hydrogens is 97.0 g/mol. The van der Waals surface area contributed by atoms with Crippen LogP contribution in [0.15, 0.2) is 0 Å². The third-order valence-electron chi connectivity index (χ3n) is 0.321. The summed E-state index contributed by atoms with van der Waals surface area (Å²) >= 11 is 0. The molecule has 0 saturated carbocycles. The van der Waals surface area contributed by atoms with Crippen LogP contribution < -0.4 is 5.73 Å². The van der Waals surface area contributed by atoms with Crippen LogP contribution in [-0.4, -0.2) is 6.54 Å². The summed E-state index contributed by atoms with van der Waals surface area (Å²) in [4.78, 5) is 0. The molecule has 0 amide bonds. The SMILES string of the molecule is NCCC#P=O. The molecule has 0 rings (SSSR count). The van der Waals surface area contributed by atoms with Crippen molar-refractivity contribution in [2.45, 2.75) is 6.42 Å². The van der Waals surface area contributed by atoms with Gasteiger partial charge in [-0.05, 0) is 0 Å². The number of hydrogen-bond donors (Lipinski definition) is 1. The first-order chi connectivity index (χ1) is 2.91. The molecule has 0 aliphatic heterocycles. The Morgan fingerprint density at radius 2 is 2.50 bits per heavy atom. The zero-order valence-electron chi connectivity index (χ0n) is 3.35. The summed E-state index contributed by atoms with van der Waals surface area (Å²) in [7, 11) is -0.0346. The second kappa shape index (κ2) is 4.97. The molecule has 0 bridgehead atoms. The van der Waals surface area contributed by atoms with Crippen molar-refractivity contribution < 1.29 is 4.57 Å². The number of nitrogens with two attached hydrogens (primary N) is 1. The Hall–Kier alpha value is -0.0300. The molecule has 34 valence electrons. The van der Waals surface area contributed by atoms with Gasteiger partial charge in [0.15, 0.2) is 0 Å². The average molecular weight is 103 g/mol. The van der Waals surface area contributed by atoms with Gasteiger partial charge in [-0.3, -0.25) is 0 Å². The van der Waals surface area contributed by atoms with Crippen LogP contribution in [0, 0.1) is 5.63 Å². The Kier molecular flexibility index (Phi) is 4.95. The Morgan fingerprint density at radius 3 is 2.67 bits per heavy atom. The van der Waals surface area contributed by atoms with E-state index in [4.69, 9.17) is 5.73 Å². The van der Waals surface area contributed by atoms with E-state index in [2.05, 4.69) is 5.63 Å². The fraction of sp³-hybridized carbons (Fsp3) is 0.667. The van der Waals surface area contributed by atoms with E-state index < -0.39 is 0 Å². The van der Waals surface area contributed by atoms with Crippen molar-refractivity contribution in [1.29, 1.82) is 0 Å². The first-order valence-electron chi connectivity index (χ1n) is 1.67. The Bertz CT molecular complexity index is 103. The summed E-state index contributed by atoms with van der Waals surface area (Å²) in [5.74, 6) is 0. The molecule has 6 heavy (non-hydrogen) atoms. The van der Waals surface area contributed by atoms with E-state index in [-0.39, 0.29) is 7.92 Å². The molecule has 2 nitrogen and oxygen atoms in total. The summed E-state index contributed by atoms with van der Waals surface area (Å²) in [6, 6.07) is 0. The first kappa shape index (κ1) is 5.97. The van der Waals surface area contributed by atoms with Crippen LogP contribution in [0.2, 0.25) is 0 Å². The van der Waals surface area contributed by atoms with E-state index in [1.807, 2.05) is 0 Å². The van der Waals surface area contributed by atoms with E-state index in [0.29, 0.717) is 13.0 Å². The minimum atomic E-state index is -0.0346. The summed E-state index contributed by atoms with van der Waals surface area (Å²) in [6.07, 6.45) is 0.616. The third kappa shape index (κ3) is 3.97. The van der Waals surface area contributed by atoms with Crippen molar-refractivity contribution in [1.82, 2.24) is 0 Å². The summed E-state index contributed by atoms with van der Waals surface area (Å²) in [6.45, 7) is 0.537. The van der Waals surface area contributed by atoms with Crippen molar-refractivity contribution in [3.63, 3.8) is 0 Å². The molecule has 0 aromatic heterocycles. The molecule has 0 unspecified atom stereocenters. The van der Waals surface area contributed by atoms with E-state index in [9.17, 15) is 4.57 Å². The standard InChI is InChI=1S/C3H6NOP/c4-2-1-3-6-5/h1-2,4H2. The van der Waals surface area contributed by atoms with Crippen LogP contribution in [0.25, 0.3) is 0 Å². The Labute approximate surface area is 37.8 Å². The first-order valence-corrected chi connectivity index (χ1v) is 2.48. The van der Waals surface area contributed by atoms with Crippen LogP contribution in [0.4, 0.5) is 0 Å². The van der Waals surface area contributed by atoms with E-state index in [1.165, 1.54) is 0 Å². The fourth-order valence-electron chi connectivity index (χ4n) is 0.110. The van der Waals surface area contributed by atoms with E-state index >= 15 is 0 Å². The molecule has 2 N–H and O–H groups in total. The molecule has 3 heteroatoms. The van der Waals surface area contributed by atoms with Gasteiger partial charge in [-0.25, -0.2) is 0 Å². The van der Waals surface area contributed by atoms with Crippen LogP contribution in [-0.2, 0) is 4.57 Å². The molecule has 0 spiro atoms. The average Bonchev–Trinajstić information content (AvgIpc) is 1.61. The zero-order valence-corrected chi connectivity index (χ0v) is 4.24. The molecule has 0 aliphatic carbocycles. The third-order valence-corrected chi connectivity index (χ3v) is 0.673. The van der Waals surface area contributed by atoms with Crippen molar-refractivity contribution >= 4 is 7.92 Å². The molecule has 0 heterocycles. The van der Waals surface area contributed by atoms with Crippen LogP contribution in [0.1, 0.15) is 6.42 Å². The molecular formula is C3H6NOP. The van der Waals surface area contributed by atoms with Crippen molar-refractivity contribution in [2.24, 2.45) is 5.73 Å². The maximum atomic E-state index is 9.49. The normalized spacial score (nSPS) is 6.83. The van der Waals surface area contributed by atoms with Gasteiger partial charge in [0.1, 0.15) is 0 Å². The van der Waals surface area contributed by atoms with Gasteiger partial charge in [0, 0.05) is 0 Å². The van der Waals surface area contributed by atoms with Crippen LogP contribution in [0.5, 0.6) is 0 Å². The van der Waals surface area contributed by atoms with E-state index in [0.717, 1.165) is 0 Å². The van der Waals surface area contributed by atoms with Crippen molar-refractivity contribution in [3.8, 4) is 5.63 Å². The number of rotatable bonds is 1. The van der Waals surface area contributed by atoms with Gasteiger partial charge in [0.25, 0.3) is 0 Å². The molecule has 0 fully saturated rings. The number of hydrogen-bond acceptors (Lipinski definition) is 2. The molecule has 0 atom stereocenters. The molecule has 0 saturated heterocycles. The van der Waals surface area contributed by atoms with Crippen LogP contribution >= 0.6 is 7.92 Å². The van der Waals surface area contributed by atoms with Gasteiger partial charge in [-0.15, -0.1) is 0 Å². The topological polar surface area (TPSA) is 43.1 Å². The summed E-state index contributed by atoms with van der Waals surface area (Å²) in [5, 5.41) is 0. The predicted molar refractivity (Wildman–Crippen MR) is 25.2 cm³/mol. The van der Waals surface area contributed by atoms with Gasteiger partial charge in [-0.1, -0.05) is 0 Å². The van der Waals surface area contributed by atoms with Crippen LogP contribution in [0.3, 0.4) is 0 Å². The van der Waals surface area contributed by atoms with Gasteiger partial charge in [-0.2, -0.15) is 0 Å². The van der Waals surface area contributed by atoms with Crippen molar-refractivity contribution in [3.05, 3.63) is 0 Å².